The zero-order valence-corrected chi connectivity index (χ0v) is 8.46. The molecule has 1 aromatic heterocycles. The third kappa shape index (κ3) is 1.48. The third-order valence-corrected chi connectivity index (χ3v) is 2.36. The van der Waals surface area contributed by atoms with Crippen LogP contribution in [0.25, 0.3) is 11.0 Å². The molecule has 13 heavy (non-hydrogen) atoms. The average Bonchev–Trinajstić information content (AvgIpc) is 2.05. The van der Waals surface area contributed by atoms with Gasteiger partial charge in [0.05, 0.1) is 11.0 Å². The first kappa shape index (κ1) is 8.42. The number of nitrogens with one attached hydrogen (secondary N) is 1. The van der Waals surface area contributed by atoms with Crippen LogP contribution in [-0.4, -0.2) is 9.78 Å². The van der Waals surface area contributed by atoms with E-state index in [1.54, 1.807) is 0 Å². The average molecular weight is 176 g/mol. The molecule has 1 aromatic carbocycles. The Morgan fingerprint density at radius 2 is 2.15 bits per heavy atom. The number of hydrogen-bond acceptors (Lipinski definition) is 0. The molecule has 0 saturated heterocycles. The van der Waals surface area contributed by atoms with Crippen LogP contribution in [-0.2, 0) is 13.5 Å². The van der Waals surface area contributed by atoms with Crippen molar-refractivity contribution in [2.75, 3.05) is 0 Å². The minimum absolute atomic E-state index is 0.733. The van der Waals surface area contributed by atoms with E-state index in [2.05, 4.69) is 41.8 Å². The van der Waals surface area contributed by atoms with E-state index < -0.39 is 0 Å². The predicted octanol–water partition coefficient (Wildman–Crippen LogP) is 2.70. The minimum atomic E-state index is 0.733. The Morgan fingerprint density at radius 3 is 2.77 bits per heavy atom. The molecule has 1 N–H and O–H groups in total. The first-order valence-corrected chi connectivity index (χ1v) is 4.80. The van der Waals surface area contributed by atoms with Crippen molar-refractivity contribution in [3.63, 3.8) is 0 Å². The molecule has 0 spiro atoms. The molecule has 2 heteroatoms. The predicted molar refractivity (Wildman–Crippen MR) is 55.8 cm³/mol. The Bertz CT molecular complexity index is 407. The van der Waals surface area contributed by atoms with Crippen LogP contribution in [0.5, 0.6) is 0 Å². The highest BCUT2D eigenvalue weighted by atomic mass is 15.3. The van der Waals surface area contributed by atoms with Crippen LogP contribution in [0.3, 0.4) is 0 Å². The summed E-state index contributed by atoms with van der Waals surface area (Å²) in [6, 6.07) is 6.64. The molecule has 0 aliphatic rings. The molecule has 0 fully saturated rings. The largest absolute Gasteiger partial charge is 0.296 e. The Kier molecular flexibility index (Phi) is 1.91. The first-order valence-electron chi connectivity index (χ1n) is 4.80. The molecule has 0 aliphatic carbocycles. The van der Waals surface area contributed by atoms with Gasteiger partial charge in [0.2, 0.25) is 0 Å². The molecule has 0 saturated carbocycles. The highest BCUT2D eigenvalue weighted by Gasteiger charge is 2.03. The lowest BCUT2D eigenvalue weighted by molar-refractivity contribution is 0.646. The molecule has 70 valence electrons. The molecule has 2 rings (SSSR count). The fourth-order valence-corrected chi connectivity index (χ4v) is 1.74. The van der Waals surface area contributed by atoms with Crippen LogP contribution in [0, 0.1) is 5.92 Å². The number of aromatic amines is 1. The fraction of sp³-hybridized carbons (Fsp3) is 0.455. The van der Waals surface area contributed by atoms with Crippen molar-refractivity contribution in [3.8, 4) is 0 Å². The van der Waals surface area contributed by atoms with E-state index in [-0.39, 0.29) is 0 Å². The molecule has 2 aromatic rings. The molecular weight excluding hydrogens is 160 g/mol. The molecule has 0 amide bonds. The Hall–Kier alpha value is -1.18. The zero-order valence-electron chi connectivity index (χ0n) is 8.46. The van der Waals surface area contributed by atoms with E-state index in [0.29, 0.717) is 0 Å². The van der Waals surface area contributed by atoms with Gasteiger partial charge in [-0.1, -0.05) is 19.9 Å². The summed E-state index contributed by atoms with van der Waals surface area (Å²) in [5.74, 6) is 0.733. The van der Waals surface area contributed by atoms with E-state index >= 15 is 0 Å². The second-order valence-corrected chi connectivity index (χ2v) is 4.12. The summed E-state index contributed by atoms with van der Waals surface area (Å²) in [5.41, 5.74) is 4.00. The van der Waals surface area contributed by atoms with Gasteiger partial charge >= 0.3 is 0 Å². The maximum absolute atomic E-state index is 3.20. The number of fused-ring (bicyclic) bond motifs is 1. The number of H-pyrrole nitrogens is 1. The van der Waals surface area contributed by atoms with Gasteiger partial charge in [-0.25, -0.2) is 0 Å². The molecule has 0 radical (unpaired) electrons. The lowest BCUT2D eigenvalue weighted by atomic mass is 10.0. The number of aromatic nitrogens is 2. The van der Waals surface area contributed by atoms with Crippen molar-refractivity contribution in [1.82, 2.24) is 9.78 Å². The standard InChI is InChI=1S/C11H16N2/c1-8(2)6-9-4-5-10-11(7-9)13(3)12-10/h4-5,7-8,12H,6H2,1-3H3. The van der Waals surface area contributed by atoms with Crippen LogP contribution in [0.15, 0.2) is 18.2 Å². The van der Waals surface area contributed by atoms with Gasteiger partial charge in [-0.05, 0) is 30.0 Å². The Morgan fingerprint density at radius 1 is 1.38 bits per heavy atom. The SMILES string of the molecule is CC(C)Cc1ccc2[nH]n(C)c2c1. The van der Waals surface area contributed by atoms with E-state index in [1.165, 1.54) is 23.0 Å². The fourth-order valence-electron chi connectivity index (χ4n) is 1.74. The summed E-state index contributed by atoms with van der Waals surface area (Å²) in [7, 11) is 2.04. The number of benzene rings is 1. The summed E-state index contributed by atoms with van der Waals surface area (Å²) in [5, 5.41) is 3.20. The normalized spacial score (nSPS) is 11.7. The quantitative estimate of drug-likeness (QED) is 0.726. The van der Waals surface area contributed by atoms with Gasteiger partial charge in [-0.2, -0.15) is 0 Å². The number of aryl methyl sites for hydroxylation is 1. The second kappa shape index (κ2) is 2.95. The summed E-state index contributed by atoms with van der Waals surface area (Å²) in [4.78, 5) is 0. The third-order valence-electron chi connectivity index (χ3n) is 2.36. The summed E-state index contributed by atoms with van der Waals surface area (Å²) in [6.07, 6.45) is 1.17. The summed E-state index contributed by atoms with van der Waals surface area (Å²) in [6.45, 7) is 4.50. The Balaban J connectivity index is 2.32. The molecule has 0 atom stereocenters. The highest BCUT2D eigenvalue weighted by molar-refractivity contribution is 5.77. The van der Waals surface area contributed by atoms with Gasteiger partial charge in [0, 0.05) is 7.05 Å². The van der Waals surface area contributed by atoms with Crippen molar-refractivity contribution in [1.29, 1.82) is 0 Å². The molecule has 0 unspecified atom stereocenters. The smallest absolute Gasteiger partial charge is 0.0820 e. The van der Waals surface area contributed by atoms with Gasteiger partial charge in [0.25, 0.3) is 0 Å². The van der Waals surface area contributed by atoms with Crippen LogP contribution >= 0.6 is 0 Å². The summed E-state index contributed by atoms with van der Waals surface area (Å²) < 4.78 is 2.05. The highest BCUT2D eigenvalue weighted by Crippen LogP contribution is 2.17. The van der Waals surface area contributed by atoms with Gasteiger partial charge in [0.1, 0.15) is 0 Å². The van der Waals surface area contributed by atoms with Gasteiger partial charge in [0.15, 0.2) is 0 Å². The molecular formula is C11H16N2. The lowest BCUT2D eigenvalue weighted by Gasteiger charge is -2.13. The monoisotopic (exact) mass is 176 g/mol. The first-order chi connectivity index (χ1) is 6.16. The summed E-state index contributed by atoms with van der Waals surface area (Å²) >= 11 is 0. The van der Waals surface area contributed by atoms with E-state index in [0.717, 1.165) is 5.92 Å². The lowest BCUT2D eigenvalue weighted by Crippen LogP contribution is -2.06. The topological polar surface area (TPSA) is 20.7 Å². The number of rotatable bonds is 2. The van der Waals surface area contributed by atoms with Gasteiger partial charge in [-0.3, -0.25) is 9.78 Å². The van der Waals surface area contributed by atoms with Gasteiger partial charge in [-0.15, -0.1) is 0 Å². The molecule has 0 aliphatic heterocycles. The molecule has 1 heterocycles. The zero-order chi connectivity index (χ0) is 9.42. The Labute approximate surface area is 78.5 Å². The maximum Gasteiger partial charge on any atom is 0.0820 e. The minimum Gasteiger partial charge on any atom is -0.296 e. The van der Waals surface area contributed by atoms with Crippen molar-refractivity contribution in [2.24, 2.45) is 13.0 Å². The number of hydrogen-bond donors (Lipinski definition) is 1. The van der Waals surface area contributed by atoms with E-state index in [1.807, 2.05) is 7.05 Å². The van der Waals surface area contributed by atoms with Crippen molar-refractivity contribution in [3.05, 3.63) is 23.8 Å². The second-order valence-electron chi connectivity index (χ2n) is 4.12. The molecule has 0 bridgehead atoms. The van der Waals surface area contributed by atoms with Gasteiger partial charge < -0.3 is 0 Å². The van der Waals surface area contributed by atoms with E-state index in [4.69, 9.17) is 0 Å². The van der Waals surface area contributed by atoms with Crippen LogP contribution in [0.4, 0.5) is 0 Å². The number of nitrogens with zero attached hydrogens (tertiary/aromatic N) is 1. The maximum atomic E-state index is 3.20. The van der Waals surface area contributed by atoms with E-state index in [9.17, 15) is 0 Å². The van der Waals surface area contributed by atoms with Crippen molar-refractivity contribution < 1.29 is 0 Å². The van der Waals surface area contributed by atoms with Crippen LogP contribution < -0.4 is 0 Å². The van der Waals surface area contributed by atoms with Crippen molar-refractivity contribution in [2.45, 2.75) is 20.3 Å². The molecule has 2 nitrogen and oxygen atoms in total. The van der Waals surface area contributed by atoms with Crippen LogP contribution in [0.1, 0.15) is 19.4 Å². The van der Waals surface area contributed by atoms with Crippen molar-refractivity contribution >= 4 is 11.0 Å². The van der Waals surface area contributed by atoms with Crippen LogP contribution in [0.2, 0.25) is 0 Å².